The number of carbonyl (C=O) groups excluding carboxylic acids is 1. The number of hydrogen-bond donors (Lipinski definition) is 1. The maximum Gasteiger partial charge on any atom is 0.305 e. The largest absolute Gasteiger partial charge is 0.481 e. The first-order valence-electron chi connectivity index (χ1n) is 12.8. The van der Waals surface area contributed by atoms with Crippen LogP contribution in [0.25, 0.3) is 0 Å². The molecule has 0 aromatic rings. The molecule has 0 amide bonds. The molecule has 1 N–H and O–H groups in total. The summed E-state index contributed by atoms with van der Waals surface area (Å²) in [5.74, 6) is 2.28. The van der Waals surface area contributed by atoms with Crippen LogP contribution >= 0.6 is 0 Å². The Labute approximate surface area is 188 Å². The number of esters is 1. The molecule has 4 nitrogen and oxygen atoms in total. The first kappa shape index (κ1) is 22.9. The number of ether oxygens (including phenoxy) is 1. The zero-order valence-electron chi connectivity index (χ0n) is 20.0. The molecular weight excluding hydrogens is 388 g/mol. The lowest BCUT2D eigenvalue weighted by Gasteiger charge is -2.58. The van der Waals surface area contributed by atoms with Gasteiger partial charge in [-0.15, -0.1) is 0 Å². The molecule has 0 spiro atoms. The van der Waals surface area contributed by atoms with Crippen molar-refractivity contribution >= 4 is 11.9 Å². The Bertz CT molecular complexity index is 742. The van der Waals surface area contributed by atoms with Crippen molar-refractivity contribution in [1.82, 2.24) is 0 Å². The molecule has 1 unspecified atom stereocenters. The monoisotopic (exact) mass is 430 g/mol. The molecule has 4 heteroatoms. The first-order valence-corrected chi connectivity index (χ1v) is 12.8. The number of carbonyl (C=O) groups is 2. The summed E-state index contributed by atoms with van der Waals surface area (Å²) in [6, 6.07) is 0. The van der Waals surface area contributed by atoms with Crippen LogP contribution in [-0.4, -0.2) is 23.1 Å². The maximum atomic E-state index is 12.2. The number of allylic oxidation sites excluding steroid dienone is 1. The highest BCUT2D eigenvalue weighted by Crippen LogP contribution is 2.66. The summed E-state index contributed by atoms with van der Waals surface area (Å²) in [5.41, 5.74) is 1.89. The van der Waals surface area contributed by atoms with Crippen LogP contribution in [-0.2, 0) is 14.3 Å². The lowest BCUT2D eigenvalue weighted by atomic mass is 9.48. The van der Waals surface area contributed by atoms with E-state index in [0.717, 1.165) is 19.3 Å². The molecular formula is C27H42O4. The van der Waals surface area contributed by atoms with Crippen molar-refractivity contribution in [1.29, 1.82) is 0 Å². The normalized spacial score (nSPS) is 42.6. The van der Waals surface area contributed by atoms with Crippen LogP contribution in [0.4, 0.5) is 0 Å². The fourth-order valence-corrected chi connectivity index (χ4v) is 8.50. The molecule has 3 fully saturated rings. The standard InChI is InChI=1S/C27H42O4/c1-5-25(30)31-23-8-6-7-18-10-11-19-21-13-12-20(17(2)9-14-24(28)29)26(21,3)16-15-22(19)27(18,23)4/h15,17-21,23H,5-14,16H2,1-4H3,(H,28,29)/t17-,18+,19+,20-,21+,23?,26-,27+/m1/s1. The highest BCUT2D eigenvalue weighted by molar-refractivity contribution is 5.69. The van der Waals surface area contributed by atoms with E-state index in [2.05, 4.69) is 26.8 Å². The minimum absolute atomic E-state index is 0.000334. The van der Waals surface area contributed by atoms with Gasteiger partial charge >= 0.3 is 11.9 Å². The van der Waals surface area contributed by atoms with E-state index >= 15 is 0 Å². The smallest absolute Gasteiger partial charge is 0.305 e. The number of carboxylic acid groups (broad SMARTS) is 1. The predicted octanol–water partition coefficient (Wildman–Crippen LogP) is 6.39. The molecule has 4 rings (SSSR count). The van der Waals surface area contributed by atoms with Crippen molar-refractivity contribution in [3.8, 4) is 0 Å². The Kier molecular flexibility index (Phi) is 6.31. The Balaban J connectivity index is 1.61. The average Bonchev–Trinajstić information content (AvgIpc) is 3.09. The summed E-state index contributed by atoms with van der Waals surface area (Å²) in [7, 11) is 0. The van der Waals surface area contributed by atoms with Gasteiger partial charge in [0.15, 0.2) is 0 Å². The Morgan fingerprint density at radius 3 is 2.65 bits per heavy atom. The molecule has 0 heterocycles. The molecule has 3 saturated carbocycles. The molecule has 0 aromatic heterocycles. The molecule has 31 heavy (non-hydrogen) atoms. The van der Waals surface area contributed by atoms with Gasteiger partial charge in [-0.25, -0.2) is 0 Å². The van der Waals surface area contributed by atoms with E-state index in [1.807, 2.05) is 6.92 Å². The van der Waals surface area contributed by atoms with Gasteiger partial charge in [0.1, 0.15) is 6.10 Å². The highest BCUT2D eigenvalue weighted by Gasteiger charge is 2.59. The number of carboxylic acids is 1. The van der Waals surface area contributed by atoms with Gasteiger partial charge in [0.2, 0.25) is 0 Å². The fourth-order valence-electron chi connectivity index (χ4n) is 8.50. The van der Waals surface area contributed by atoms with E-state index in [1.165, 1.54) is 38.5 Å². The van der Waals surface area contributed by atoms with E-state index in [1.54, 1.807) is 5.57 Å². The van der Waals surface area contributed by atoms with Crippen LogP contribution in [0.15, 0.2) is 11.6 Å². The van der Waals surface area contributed by atoms with Crippen LogP contribution in [0, 0.1) is 40.4 Å². The number of hydrogen-bond acceptors (Lipinski definition) is 3. The molecule has 8 atom stereocenters. The Hall–Kier alpha value is -1.32. The molecule has 0 aromatic carbocycles. The molecule has 0 radical (unpaired) electrons. The van der Waals surface area contributed by atoms with Crippen LogP contribution in [0.1, 0.15) is 98.3 Å². The molecule has 0 aliphatic heterocycles. The minimum atomic E-state index is -0.673. The average molecular weight is 431 g/mol. The third-order valence-electron chi connectivity index (χ3n) is 10.2. The Morgan fingerprint density at radius 1 is 1.16 bits per heavy atom. The molecule has 4 aliphatic rings. The summed E-state index contributed by atoms with van der Waals surface area (Å²) in [5, 5.41) is 9.15. The van der Waals surface area contributed by atoms with Crippen molar-refractivity contribution in [3.63, 3.8) is 0 Å². The number of rotatable bonds is 6. The quantitative estimate of drug-likeness (QED) is 0.392. The summed E-state index contributed by atoms with van der Waals surface area (Å²) in [6.45, 7) is 9.07. The van der Waals surface area contributed by atoms with Crippen molar-refractivity contribution in [2.45, 2.75) is 104 Å². The topological polar surface area (TPSA) is 63.6 Å². The fraction of sp³-hybridized carbons (Fsp3) is 0.852. The summed E-state index contributed by atoms with van der Waals surface area (Å²) in [4.78, 5) is 23.4. The van der Waals surface area contributed by atoms with Gasteiger partial charge in [0.25, 0.3) is 0 Å². The highest BCUT2D eigenvalue weighted by atomic mass is 16.5. The van der Waals surface area contributed by atoms with Gasteiger partial charge in [-0.3, -0.25) is 9.59 Å². The van der Waals surface area contributed by atoms with E-state index in [0.29, 0.717) is 36.0 Å². The van der Waals surface area contributed by atoms with Crippen LogP contribution in [0.2, 0.25) is 0 Å². The molecule has 174 valence electrons. The van der Waals surface area contributed by atoms with Crippen LogP contribution in [0.5, 0.6) is 0 Å². The molecule has 0 bridgehead atoms. The van der Waals surface area contributed by atoms with E-state index < -0.39 is 5.97 Å². The maximum absolute atomic E-state index is 12.2. The van der Waals surface area contributed by atoms with Crippen LogP contribution < -0.4 is 0 Å². The van der Waals surface area contributed by atoms with Gasteiger partial charge in [-0.2, -0.15) is 0 Å². The second-order valence-electron chi connectivity index (χ2n) is 11.5. The number of aliphatic carboxylic acids is 1. The van der Waals surface area contributed by atoms with E-state index in [4.69, 9.17) is 9.84 Å². The second-order valence-corrected chi connectivity index (χ2v) is 11.5. The minimum Gasteiger partial charge on any atom is -0.481 e. The molecule has 0 saturated heterocycles. The zero-order chi connectivity index (χ0) is 22.4. The van der Waals surface area contributed by atoms with E-state index in [9.17, 15) is 9.59 Å². The second kappa shape index (κ2) is 8.56. The molecule has 4 aliphatic carbocycles. The Morgan fingerprint density at radius 2 is 1.94 bits per heavy atom. The summed E-state index contributed by atoms with van der Waals surface area (Å²) in [6.07, 6.45) is 13.7. The van der Waals surface area contributed by atoms with Crippen molar-refractivity contribution < 1.29 is 19.4 Å². The summed E-state index contributed by atoms with van der Waals surface area (Å²) >= 11 is 0. The third-order valence-corrected chi connectivity index (χ3v) is 10.2. The van der Waals surface area contributed by atoms with Gasteiger partial charge in [-0.1, -0.05) is 39.3 Å². The third kappa shape index (κ3) is 3.76. The van der Waals surface area contributed by atoms with Crippen molar-refractivity contribution in [3.05, 3.63) is 11.6 Å². The summed E-state index contributed by atoms with van der Waals surface area (Å²) < 4.78 is 6.08. The van der Waals surface area contributed by atoms with Gasteiger partial charge in [0.05, 0.1) is 0 Å². The SMILES string of the molecule is CCC(=O)OC1CCC[C@H]2CC[C@@H]3C(=CC[C@]4(C)[C@@H]([C@H](C)CCC(=O)O)CC[C@@H]34)[C@@]12C. The van der Waals surface area contributed by atoms with E-state index in [-0.39, 0.29) is 29.3 Å². The number of fused-ring (bicyclic) bond motifs is 5. The van der Waals surface area contributed by atoms with Gasteiger partial charge < -0.3 is 9.84 Å². The van der Waals surface area contributed by atoms with Crippen LogP contribution in [0.3, 0.4) is 0 Å². The van der Waals surface area contributed by atoms with Gasteiger partial charge in [0, 0.05) is 18.3 Å². The lowest BCUT2D eigenvalue weighted by molar-refractivity contribution is -0.162. The lowest BCUT2D eigenvalue weighted by Crippen LogP contribution is -2.53. The first-order chi connectivity index (χ1) is 14.7. The van der Waals surface area contributed by atoms with Crippen molar-refractivity contribution in [2.24, 2.45) is 40.4 Å². The van der Waals surface area contributed by atoms with Gasteiger partial charge in [-0.05, 0) is 92.8 Å². The predicted molar refractivity (Wildman–Crippen MR) is 121 cm³/mol. The zero-order valence-corrected chi connectivity index (χ0v) is 20.0. The van der Waals surface area contributed by atoms with Crippen molar-refractivity contribution in [2.75, 3.05) is 0 Å².